The molecule has 1 aromatic heterocycles. The van der Waals surface area contributed by atoms with Gasteiger partial charge in [0.2, 0.25) is 0 Å². The fourth-order valence-electron chi connectivity index (χ4n) is 1.97. The minimum Gasteiger partial charge on any atom is -0.497 e. The molecule has 0 saturated carbocycles. The second-order valence-corrected chi connectivity index (χ2v) is 4.77. The van der Waals surface area contributed by atoms with Crippen LogP contribution in [0.3, 0.4) is 0 Å². The van der Waals surface area contributed by atoms with Gasteiger partial charge in [0.25, 0.3) is 0 Å². The molecule has 0 unspecified atom stereocenters. The third-order valence-corrected chi connectivity index (χ3v) is 2.83. The molecule has 0 aliphatic carbocycles. The molecule has 0 saturated heterocycles. The van der Waals surface area contributed by atoms with E-state index in [-0.39, 0.29) is 0 Å². The molecule has 0 atom stereocenters. The van der Waals surface area contributed by atoms with Crippen LogP contribution in [0, 0.1) is 5.92 Å². The lowest BCUT2D eigenvalue weighted by molar-refractivity contribution is 0.395. The topological polar surface area (TPSA) is 49.2 Å². The zero-order chi connectivity index (χ0) is 13.8. The van der Waals surface area contributed by atoms with Crippen LogP contribution in [-0.4, -0.2) is 29.0 Å². The van der Waals surface area contributed by atoms with Gasteiger partial charge in [0, 0.05) is 12.6 Å². The summed E-state index contributed by atoms with van der Waals surface area (Å²) in [6.07, 6.45) is 1.75. The molecule has 102 valence electrons. The molecule has 5 heteroatoms. The molecule has 2 rings (SSSR count). The maximum atomic E-state index is 5.41. The Balaban J connectivity index is 2.44. The largest absolute Gasteiger partial charge is 0.497 e. The summed E-state index contributed by atoms with van der Waals surface area (Å²) in [5.74, 6) is 2.83. The van der Waals surface area contributed by atoms with Crippen LogP contribution in [-0.2, 0) is 6.54 Å². The molecule has 1 aromatic carbocycles. The van der Waals surface area contributed by atoms with Gasteiger partial charge >= 0.3 is 0 Å². The zero-order valence-electron chi connectivity index (χ0n) is 11.8. The monoisotopic (exact) mass is 261 g/mol. The highest BCUT2D eigenvalue weighted by Crippen LogP contribution is 2.32. The quantitative estimate of drug-likeness (QED) is 0.830. The number of rotatable bonds is 5. The number of hydrogen-bond donors (Lipinski definition) is 0. The highest BCUT2D eigenvalue weighted by molar-refractivity contribution is 5.65. The summed E-state index contributed by atoms with van der Waals surface area (Å²) in [7, 11) is 3.27. The van der Waals surface area contributed by atoms with Crippen LogP contribution in [0.5, 0.6) is 11.5 Å². The minimum absolute atomic E-state index is 0.527. The van der Waals surface area contributed by atoms with Crippen LogP contribution in [0.4, 0.5) is 0 Å². The first-order chi connectivity index (χ1) is 9.15. The predicted molar refractivity (Wildman–Crippen MR) is 73.4 cm³/mol. The van der Waals surface area contributed by atoms with Crippen molar-refractivity contribution >= 4 is 0 Å². The Morgan fingerprint density at radius 1 is 1.21 bits per heavy atom. The van der Waals surface area contributed by atoms with E-state index in [2.05, 4.69) is 24.0 Å². The SMILES string of the molecule is COc1ccc(-c2nncn2CC(C)C)c(OC)c1. The van der Waals surface area contributed by atoms with Gasteiger partial charge in [0.05, 0.1) is 19.8 Å². The van der Waals surface area contributed by atoms with Crippen LogP contribution in [0.1, 0.15) is 13.8 Å². The molecule has 2 aromatic rings. The van der Waals surface area contributed by atoms with E-state index in [0.29, 0.717) is 5.92 Å². The van der Waals surface area contributed by atoms with Crippen molar-refractivity contribution in [3.8, 4) is 22.9 Å². The Bertz CT molecular complexity index is 549. The highest BCUT2D eigenvalue weighted by Gasteiger charge is 2.14. The Morgan fingerprint density at radius 3 is 2.63 bits per heavy atom. The van der Waals surface area contributed by atoms with Gasteiger partial charge in [-0.25, -0.2) is 0 Å². The Morgan fingerprint density at radius 2 is 2.00 bits per heavy atom. The molecule has 0 radical (unpaired) electrons. The van der Waals surface area contributed by atoms with Gasteiger partial charge in [0.15, 0.2) is 5.82 Å². The van der Waals surface area contributed by atoms with Gasteiger partial charge in [-0.15, -0.1) is 10.2 Å². The summed E-state index contributed by atoms with van der Waals surface area (Å²) >= 11 is 0. The Labute approximate surface area is 113 Å². The number of aromatic nitrogens is 3. The maximum Gasteiger partial charge on any atom is 0.167 e. The van der Waals surface area contributed by atoms with E-state index in [0.717, 1.165) is 29.4 Å². The summed E-state index contributed by atoms with van der Waals surface area (Å²) in [5.41, 5.74) is 0.918. The number of hydrogen-bond acceptors (Lipinski definition) is 4. The summed E-state index contributed by atoms with van der Waals surface area (Å²) < 4.78 is 12.6. The van der Waals surface area contributed by atoms with Crippen LogP contribution in [0.2, 0.25) is 0 Å². The Hall–Kier alpha value is -2.04. The fraction of sp³-hybridized carbons (Fsp3) is 0.429. The highest BCUT2D eigenvalue weighted by atomic mass is 16.5. The van der Waals surface area contributed by atoms with Crippen molar-refractivity contribution in [3.05, 3.63) is 24.5 Å². The second kappa shape index (κ2) is 5.73. The lowest BCUT2D eigenvalue weighted by atomic mass is 10.1. The van der Waals surface area contributed by atoms with E-state index in [1.54, 1.807) is 20.5 Å². The zero-order valence-corrected chi connectivity index (χ0v) is 11.8. The maximum absolute atomic E-state index is 5.41. The normalized spacial score (nSPS) is 10.8. The second-order valence-electron chi connectivity index (χ2n) is 4.77. The fourth-order valence-corrected chi connectivity index (χ4v) is 1.97. The first-order valence-corrected chi connectivity index (χ1v) is 6.26. The molecular weight excluding hydrogens is 242 g/mol. The molecule has 0 aliphatic heterocycles. The van der Waals surface area contributed by atoms with Gasteiger partial charge in [-0.05, 0) is 18.1 Å². The van der Waals surface area contributed by atoms with Gasteiger partial charge in [-0.1, -0.05) is 13.8 Å². The average Bonchev–Trinajstić information content (AvgIpc) is 2.85. The van der Waals surface area contributed by atoms with Crippen LogP contribution >= 0.6 is 0 Å². The first-order valence-electron chi connectivity index (χ1n) is 6.26. The van der Waals surface area contributed by atoms with Crippen LogP contribution in [0.15, 0.2) is 24.5 Å². The molecule has 0 spiro atoms. The smallest absolute Gasteiger partial charge is 0.167 e. The van der Waals surface area contributed by atoms with Crippen molar-refractivity contribution in [1.82, 2.24) is 14.8 Å². The van der Waals surface area contributed by atoms with Crippen molar-refractivity contribution in [3.63, 3.8) is 0 Å². The standard InChI is InChI=1S/C14H19N3O2/c1-10(2)8-17-9-15-16-14(17)12-6-5-11(18-3)7-13(12)19-4/h5-7,9-10H,8H2,1-4H3. The molecule has 5 nitrogen and oxygen atoms in total. The van der Waals surface area contributed by atoms with Crippen molar-refractivity contribution < 1.29 is 9.47 Å². The van der Waals surface area contributed by atoms with E-state index >= 15 is 0 Å². The van der Waals surface area contributed by atoms with E-state index in [1.807, 2.05) is 22.8 Å². The molecule has 0 fully saturated rings. The lowest BCUT2D eigenvalue weighted by Gasteiger charge is -2.12. The Kier molecular flexibility index (Phi) is 4.04. The minimum atomic E-state index is 0.527. The molecule has 19 heavy (non-hydrogen) atoms. The van der Waals surface area contributed by atoms with Crippen molar-refractivity contribution in [2.45, 2.75) is 20.4 Å². The summed E-state index contributed by atoms with van der Waals surface area (Å²) in [5, 5.41) is 8.19. The number of ether oxygens (including phenoxy) is 2. The molecule has 1 heterocycles. The van der Waals surface area contributed by atoms with Gasteiger partial charge < -0.3 is 14.0 Å². The number of benzene rings is 1. The molecule has 0 N–H and O–H groups in total. The van der Waals surface area contributed by atoms with Gasteiger partial charge in [-0.3, -0.25) is 0 Å². The van der Waals surface area contributed by atoms with Crippen molar-refractivity contribution in [2.75, 3.05) is 14.2 Å². The van der Waals surface area contributed by atoms with E-state index in [4.69, 9.17) is 9.47 Å². The summed E-state index contributed by atoms with van der Waals surface area (Å²) in [6, 6.07) is 5.69. The van der Waals surface area contributed by atoms with Crippen molar-refractivity contribution in [1.29, 1.82) is 0 Å². The molecule has 0 amide bonds. The third-order valence-electron chi connectivity index (χ3n) is 2.83. The van der Waals surface area contributed by atoms with E-state index in [1.165, 1.54) is 0 Å². The lowest BCUT2D eigenvalue weighted by Crippen LogP contribution is -2.05. The molecule has 0 bridgehead atoms. The third kappa shape index (κ3) is 2.86. The number of nitrogens with zero attached hydrogens (tertiary/aromatic N) is 3. The molecule has 0 aliphatic rings. The van der Waals surface area contributed by atoms with Gasteiger partial charge in [-0.2, -0.15) is 0 Å². The van der Waals surface area contributed by atoms with E-state index in [9.17, 15) is 0 Å². The van der Waals surface area contributed by atoms with E-state index < -0.39 is 0 Å². The van der Waals surface area contributed by atoms with Crippen molar-refractivity contribution in [2.24, 2.45) is 5.92 Å². The number of methoxy groups -OCH3 is 2. The summed E-state index contributed by atoms with van der Waals surface area (Å²) in [6.45, 7) is 5.20. The van der Waals surface area contributed by atoms with Crippen LogP contribution < -0.4 is 9.47 Å². The average molecular weight is 261 g/mol. The summed E-state index contributed by atoms with van der Waals surface area (Å²) in [4.78, 5) is 0. The predicted octanol–water partition coefficient (Wildman–Crippen LogP) is 2.62. The first kappa shape index (κ1) is 13.4. The molecular formula is C14H19N3O2. The van der Waals surface area contributed by atoms with Gasteiger partial charge in [0.1, 0.15) is 17.8 Å². The van der Waals surface area contributed by atoms with Crippen LogP contribution in [0.25, 0.3) is 11.4 Å².